The van der Waals surface area contributed by atoms with Crippen LogP contribution in [0.5, 0.6) is 17.2 Å². The van der Waals surface area contributed by atoms with Gasteiger partial charge in [-0.05, 0) is 54.8 Å². The van der Waals surface area contributed by atoms with Crippen LogP contribution >= 0.6 is 0 Å². The van der Waals surface area contributed by atoms with Gasteiger partial charge in [0.05, 0.1) is 5.69 Å². The predicted octanol–water partition coefficient (Wildman–Crippen LogP) is 5.84. The fraction of sp³-hybridized carbons (Fsp3) is 0.208. The van der Waals surface area contributed by atoms with Gasteiger partial charge in [-0.2, -0.15) is 0 Å². The van der Waals surface area contributed by atoms with E-state index in [0.717, 1.165) is 6.42 Å². The van der Waals surface area contributed by atoms with E-state index in [1.165, 1.54) is 5.56 Å². The van der Waals surface area contributed by atoms with Gasteiger partial charge in [0.15, 0.2) is 11.9 Å². The van der Waals surface area contributed by atoms with Gasteiger partial charge in [-0.25, -0.2) is 0 Å². The largest absolute Gasteiger partial charge is 0.481 e. The van der Waals surface area contributed by atoms with E-state index in [1.54, 1.807) is 0 Å². The van der Waals surface area contributed by atoms with Crippen molar-refractivity contribution in [2.75, 3.05) is 5.32 Å². The summed E-state index contributed by atoms with van der Waals surface area (Å²) in [5.41, 5.74) is 1.84. The molecule has 1 atom stereocenters. The highest BCUT2D eigenvalue weighted by atomic mass is 16.5. The van der Waals surface area contributed by atoms with Crippen LogP contribution in [-0.4, -0.2) is 12.0 Å². The smallest absolute Gasteiger partial charge is 0.265 e. The molecule has 4 heteroatoms. The van der Waals surface area contributed by atoms with Gasteiger partial charge in [0, 0.05) is 0 Å². The van der Waals surface area contributed by atoms with Crippen LogP contribution in [0, 0.1) is 0 Å². The van der Waals surface area contributed by atoms with E-state index >= 15 is 0 Å². The quantitative estimate of drug-likeness (QED) is 0.538. The van der Waals surface area contributed by atoms with Gasteiger partial charge >= 0.3 is 0 Å². The van der Waals surface area contributed by atoms with Crippen LogP contribution in [0.3, 0.4) is 0 Å². The standard InChI is InChI=1S/C24H25NO3/c1-3-18-14-16-20(17-15-18)27-22(4-2)24(26)25-21-12-8-9-13-23(21)28-19-10-6-5-7-11-19/h5-17,22H,3-4H2,1-2H3,(H,25,26). The second kappa shape index (κ2) is 9.60. The molecule has 3 aromatic rings. The van der Waals surface area contributed by atoms with Crippen LogP contribution in [-0.2, 0) is 11.2 Å². The number of carbonyl (C=O) groups is 1. The first kappa shape index (κ1) is 19.5. The molecule has 144 valence electrons. The van der Waals surface area contributed by atoms with Gasteiger partial charge in [-0.15, -0.1) is 0 Å². The number of nitrogens with one attached hydrogen (secondary N) is 1. The van der Waals surface area contributed by atoms with Crippen LogP contribution in [0.25, 0.3) is 0 Å². The van der Waals surface area contributed by atoms with E-state index in [2.05, 4.69) is 12.2 Å². The summed E-state index contributed by atoms with van der Waals surface area (Å²) in [5, 5.41) is 2.94. The molecule has 0 saturated heterocycles. The van der Waals surface area contributed by atoms with E-state index in [0.29, 0.717) is 29.4 Å². The SMILES string of the molecule is CCc1ccc(OC(CC)C(=O)Nc2ccccc2Oc2ccccc2)cc1. The van der Waals surface area contributed by atoms with Crippen molar-refractivity contribution in [2.24, 2.45) is 0 Å². The Labute approximate surface area is 166 Å². The van der Waals surface area contributed by atoms with Gasteiger partial charge in [0.2, 0.25) is 0 Å². The lowest BCUT2D eigenvalue weighted by molar-refractivity contribution is -0.122. The molecule has 1 unspecified atom stereocenters. The molecule has 0 aliphatic carbocycles. The fourth-order valence-electron chi connectivity index (χ4n) is 2.78. The summed E-state index contributed by atoms with van der Waals surface area (Å²) < 4.78 is 11.8. The third-order valence-electron chi connectivity index (χ3n) is 4.39. The Hall–Kier alpha value is -3.27. The maximum atomic E-state index is 12.8. The number of anilines is 1. The molecule has 1 amide bonds. The summed E-state index contributed by atoms with van der Waals surface area (Å²) in [4.78, 5) is 12.8. The zero-order valence-electron chi connectivity index (χ0n) is 16.2. The molecule has 0 aliphatic heterocycles. The lowest BCUT2D eigenvalue weighted by Gasteiger charge is -2.19. The first-order valence-corrected chi connectivity index (χ1v) is 9.58. The van der Waals surface area contributed by atoms with Gasteiger partial charge in [-0.1, -0.05) is 56.3 Å². The molecule has 0 aliphatic rings. The second-order valence-electron chi connectivity index (χ2n) is 6.41. The Kier molecular flexibility index (Phi) is 6.68. The number of ether oxygens (including phenoxy) is 2. The number of hydrogen-bond donors (Lipinski definition) is 1. The molecular formula is C24H25NO3. The first-order chi connectivity index (χ1) is 13.7. The summed E-state index contributed by atoms with van der Waals surface area (Å²) in [7, 11) is 0. The fourth-order valence-corrected chi connectivity index (χ4v) is 2.78. The molecule has 0 aromatic heterocycles. The van der Waals surface area contributed by atoms with Crippen LogP contribution < -0.4 is 14.8 Å². The number of aryl methyl sites for hydroxylation is 1. The van der Waals surface area contributed by atoms with E-state index < -0.39 is 6.10 Å². The molecule has 1 N–H and O–H groups in total. The molecule has 0 saturated carbocycles. The highest BCUT2D eigenvalue weighted by Crippen LogP contribution is 2.29. The second-order valence-corrected chi connectivity index (χ2v) is 6.41. The Morgan fingerprint density at radius 3 is 2.21 bits per heavy atom. The normalized spacial score (nSPS) is 11.5. The van der Waals surface area contributed by atoms with Crippen molar-refractivity contribution in [3.05, 3.63) is 84.4 Å². The van der Waals surface area contributed by atoms with Crippen molar-refractivity contribution in [3.63, 3.8) is 0 Å². The van der Waals surface area contributed by atoms with Crippen LogP contribution in [0.1, 0.15) is 25.8 Å². The monoisotopic (exact) mass is 375 g/mol. The van der Waals surface area contributed by atoms with Gasteiger partial charge in [0.1, 0.15) is 11.5 Å². The number of rotatable bonds is 8. The number of carbonyl (C=O) groups excluding carboxylic acids is 1. The van der Waals surface area contributed by atoms with E-state index in [9.17, 15) is 4.79 Å². The number of benzene rings is 3. The maximum absolute atomic E-state index is 12.8. The van der Waals surface area contributed by atoms with Crippen molar-refractivity contribution in [1.29, 1.82) is 0 Å². The summed E-state index contributed by atoms with van der Waals surface area (Å²) in [6, 6.07) is 24.7. The third kappa shape index (κ3) is 5.13. The van der Waals surface area contributed by atoms with Crippen molar-refractivity contribution in [3.8, 4) is 17.2 Å². The van der Waals surface area contributed by atoms with Gasteiger partial charge < -0.3 is 14.8 Å². The van der Waals surface area contributed by atoms with Crippen LogP contribution in [0.15, 0.2) is 78.9 Å². The van der Waals surface area contributed by atoms with Crippen LogP contribution in [0.4, 0.5) is 5.69 Å². The Morgan fingerprint density at radius 1 is 0.857 bits per heavy atom. The molecular weight excluding hydrogens is 350 g/mol. The number of amides is 1. The van der Waals surface area contributed by atoms with Crippen molar-refractivity contribution in [2.45, 2.75) is 32.8 Å². The van der Waals surface area contributed by atoms with E-state index in [-0.39, 0.29) is 5.91 Å². The molecule has 0 spiro atoms. The highest BCUT2D eigenvalue weighted by molar-refractivity contribution is 5.95. The molecule has 3 rings (SSSR count). The molecule has 4 nitrogen and oxygen atoms in total. The molecule has 0 bridgehead atoms. The Bertz CT molecular complexity index is 891. The lowest BCUT2D eigenvalue weighted by Crippen LogP contribution is -2.32. The summed E-state index contributed by atoms with van der Waals surface area (Å²) in [6.07, 6.45) is 0.941. The van der Waals surface area contributed by atoms with Crippen molar-refractivity contribution >= 4 is 11.6 Å². The maximum Gasteiger partial charge on any atom is 0.265 e. The number of para-hydroxylation sites is 3. The summed E-state index contributed by atoms with van der Waals surface area (Å²) >= 11 is 0. The van der Waals surface area contributed by atoms with Crippen molar-refractivity contribution < 1.29 is 14.3 Å². The average Bonchev–Trinajstić information content (AvgIpc) is 2.74. The minimum atomic E-state index is -0.586. The zero-order valence-corrected chi connectivity index (χ0v) is 16.2. The van der Waals surface area contributed by atoms with E-state index in [1.807, 2.05) is 85.8 Å². The average molecular weight is 375 g/mol. The van der Waals surface area contributed by atoms with Crippen molar-refractivity contribution in [1.82, 2.24) is 0 Å². The Balaban J connectivity index is 1.70. The minimum absolute atomic E-state index is 0.203. The summed E-state index contributed by atoms with van der Waals surface area (Å²) in [6.45, 7) is 4.03. The molecule has 0 heterocycles. The van der Waals surface area contributed by atoms with Gasteiger partial charge in [0.25, 0.3) is 5.91 Å². The van der Waals surface area contributed by atoms with Gasteiger partial charge in [-0.3, -0.25) is 4.79 Å². The summed E-state index contributed by atoms with van der Waals surface area (Å²) in [5.74, 6) is 1.78. The lowest BCUT2D eigenvalue weighted by atomic mass is 10.1. The molecule has 28 heavy (non-hydrogen) atoms. The topological polar surface area (TPSA) is 47.6 Å². The van der Waals surface area contributed by atoms with Crippen LogP contribution in [0.2, 0.25) is 0 Å². The third-order valence-corrected chi connectivity index (χ3v) is 4.39. The first-order valence-electron chi connectivity index (χ1n) is 9.58. The molecule has 3 aromatic carbocycles. The number of hydrogen-bond acceptors (Lipinski definition) is 3. The highest BCUT2D eigenvalue weighted by Gasteiger charge is 2.20. The minimum Gasteiger partial charge on any atom is -0.481 e. The van der Waals surface area contributed by atoms with E-state index in [4.69, 9.17) is 9.47 Å². The Morgan fingerprint density at radius 2 is 1.54 bits per heavy atom. The molecule has 0 radical (unpaired) electrons. The predicted molar refractivity (Wildman–Crippen MR) is 112 cm³/mol. The molecule has 0 fully saturated rings. The zero-order chi connectivity index (χ0) is 19.8.